The Morgan fingerprint density at radius 2 is 2.00 bits per heavy atom. The quantitative estimate of drug-likeness (QED) is 0.885. The van der Waals surface area contributed by atoms with Gasteiger partial charge in [0.1, 0.15) is 11.4 Å². The van der Waals surface area contributed by atoms with Gasteiger partial charge in [0.05, 0.1) is 0 Å². The minimum absolute atomic E-state index is 0.222. The number of nitrogens with zero attached hydrogens (tertiary/aromatic N) is 3. The molecule has 0 bridgehead atoms. The molecule has 19 heavy (non-hydrogen) atoms. The molecule has 0 aliphatic carbocycles. The number of rotatable bonds is 5. The molecule has 0 radical (unpaired) electrons. The van der Waals surface area contributed by atoms with Gasteiger partial charge in [-0.25, -0.2) is 9.78 Å². The van der Waals surface area contributed by atoms with Crippen LogP contribution in [0.25, 0.3) is 0 Å². The number of aromatic nitrogens is 2. The molecule has 0 saturated heterocycles. The third kappa shape index (κ3) is 3.28. The van der Waals surface area contributed by atoms with Gasteiger partial charge in [0.25, 0.3) is 0 Å². The fraction of sp³-hybridized carbons (Fsp3) is 0.214. The number of likely N-dealkylation sites (N-methyl/N-ethyl adjacent to an activating group) is 1. The average molecular weight is 257 g/mol. The summed E-state index contributed by atoms with van der Waals surface area (Å²) < 4.78 is 0. The van der Waals surface area contributed by atoms with Gasteiger partial charge in [-0.1, -0.05) is 0 Å². The normalized spacial score (nSPS) is 10.2. The topological polar surface area (TPSA) is 66.3 Å². The molecule has 0 unspecified atom stereocenters. The van der Waals surface area contributed by atoms with E-state index in [1.54, 1.807) is 30.7 Å². The number of pyridine rings is 2. The van der Waals surface area contributed by atoms with Crippen LogP contribution in [0.1, 0.15) is 15.9 Å². The molecule has 2 aromatic heterocycles. The van der Waals surface area contributed by atoms with E-state index in [1.807, 2.05) is 24.1 Å². The van der Waals surface area contributed by atoms with Crippen LogP contribution in [0, 0.1) is 0 Å². The van der Waals surface area contributed by atoms with Gasteiger partial charge in [-0.05, 0) is 36.2 Å². The van der Waals surface area contributed by atoms with Crippen molar-refractivity contribution in [3.8, 4) is 0 Å². The summed E-state index contributed by atoms with van der Waals surface area (Å²) in [4.78, 5) is 21.1. The smallest absolute Gasteiger partial charge is 0.339 e. The molecule has 0 atom stereocenters. The Bertz CT molecular complexity index is 558. The Labute approximate surface area is 111 Å². The molecule has 0 fully saturated rings. The second-order valence-corrected chi connectivity index (χ2v) is 4.21. The Balaban J connectivity index is 2.08. The first-order valence-corrected chi connectivity index (χ1v) is 5.97. The van der Waals surface area contributed by atoms with Gasteiger partial charge in [0, 0.05) is 32.2 Å². The lowest BCUT2D eigenvalue weighted by Crippen LogP contribution is -2.23. The van der Waals surface area contributed by atoms with Crippen LogP contribution < -0.4 is 4.90 Å². The molecule has 0 aliphatic rings. The second-order valence-electron chi connectivity index (χ2n) is 4.21. The lowest BCUT2D eigenvalue weighted by Gasteiger charge is -2.19. The maximum Gasteiger partial charge on any atom is 0.339 e. The maximum atomic E-state index is 11.1. The van der Waals surface area contributed by atoms with Crippen LogP contribution in [0.2, 0.25) is 0 Å². The third-order valence-corrected chi connectivity index (χ3v) is 2.86. The van der Waals surface area contributed by atoms with Crippen molar-refractivity contribution in [1.29, 1.82) is 0 Å². The fourth-order valence-electron chi connectivity index (χ4n) is 1.82. The standard InChI is InChI=1S/C14H15N3O2/c1-17(10-6-11-4-8-15-9-5-11)13-12(14(18)19)3-2-7-16-13/h2-5,7-9H,6,10H2,1H3,(H,18,19). The number of hydrogen-bond donors (Lipinski definition) is 1. The van der Waals surface area contributed by atoms with E-state index in [4.69, 9.17) is 5.11 Å². The van der Waals surface area contributed by atoms with E-state index in [-0.39, 0.29) is 5.56 Å². The first-order valence-electron chi connectivity index (χ1n) is 5.97. The zero-order valence-electron chi connectivity index (χ0n) is 10.7. The molecule has 0 aromatic carbocycles. The number of carboxylic acids is 1. The zero-order chi connectivity index (χ0) is 13.7. The molecule has 2 heterocycles. The summed E-state index contributed by atoms with van der Waals surface area (Å²) in [5.74, 6) is -0.470. The molecular formula is C14H15N3O2. The predicted octanol–water partition coefficient (Wildman–Crippen LogP) is 1.85. The largest absolute Gasteiger partial charge is 0.478 e. The van der Waals surface area contributed by atoms with Crippen molar-refractivity contribution >= 4 is 11.8 Å². The van der Waals surface area contributed by atoms with Crippen LogP contribution in [-0.2, 0) is 6.42 Å². The van der Waals surface area contributed by atoms with E-state index in [0.717, 1.165) is 12.0 Å². The Kier molecular flexibility index (Phi) is 4.07. The van der Waals surface area contributed by atoms with Gasteiger partial charge >= 0.3 is 5.97 Å². The summed E-state index contributed by atoms with van der Waals surface area (Å²) in [6.07, 6.45) is 5.91. The molecular weight excluding hydrogens is 242 g/mol. The molecule has 5 heteroatoms. The summed E-state index contributed by atoms with van der Waals surface area (Å²) in [6.45, 7) is 0.696. The maximum absolute atomic E-state index is 11.1. The zero-order valence-corrected chi connectivity index (χ0v) is 10.7. The summed E-state index contributed by atoms with van der Waals surface area (Å²) in [5.41, 5.74) is 1.38. The monoisotopic (exact) mass is 257 g/mol. The molecule has 5 nitrogen and oxygen atoms in total. The van der Waals surface area contributed by atoms with Gasteiger partial charge < -0.3 is 10.0 Å². The minimum atomic E-state index is -0.959. The molecule has 0 saturated carbocycles. The Morgan fingerprint density at radius 3 is 2.68 bits per heavy atom. The van der Waals surface area contributed by atoms with Crippen LogP contribution in [0.5, 0.6) is 0 Å². The van der Waals surface area contributed by atoms with Crippen LogP contribution in [0.3, 0.4) is 0 Å². The fourth-order valence-corrected chi connectivity index (χ4v) is 1.82. The lowest BCUT2D eigenvalue weighted by molar-refractivity contribution is 0.0697. The van der Waals surface area contributed by atoms with Crippen molar-refractivity contribution in [3.63, 3.8) is 0 Å². The number of carboxylic acid groups (broad SMARTS) is 1. The van der Waals surface area contributed by atoms with Gasteiger partial charge in [-0.15, -0.1) is 0 Å². The lowest BCUT2D eigenvalue weighted by atomic mass is 10.2. The second kappa shape index (κ2) is 5.95. The van der Waals surface area contributed by atoms with E-state index >= 15 is 0 Å². The first-order chi connectivity index (χ1) is 9.18. The van der Waals surface area contributed by atoms with Crippen LogP contribution in [-0.4, -0.2) is 34.6 Å². The van der Waals surface area contributed by atoms with Crippen molar-refractivity contribution in [2.75, 3.05) is 18.5 Å². The summed E-state index contributed by atoms with van der Waals surface area (Å²) in [6, 6.07) is 7.09. The molecule has 0 amide bonds. The van der Waals surface area contributed by atoms with Gasteiger partial charge in [0.2, 0.25) is 0 Å². The van der Waals surface area contributed by atoms with Gasteiger partial charge in [-0.2, -0.15) is 0 Å². The number of carbonyl (C=O) groups is 1. The van der Waals surface area contributed by atoms with Crippen molar-refractivity contribution in [1.82, 2.24) is 9.97 Å². The highest BCUT2D eigenvalue weighted by Crippen LogP contribution is 2.16. The van der Waals surface area contributed by atoms with E-state index in [0.29, 0.717) is 12.4 Å². The number of hydrogen-bond acceptors (Lipinski definition) is 4. The summed E-state index contributed by atoms with van der Waals surface area (Å²) in [5, 5.41) is 9.12. The SMILES string of the molecule is CN(CCc1ccncc1)c1ncccc1C(=O)O. The first kappa shape index (κ1) is 13.0. The average Bonchev–Trinajstić information content (AvgIpc) is 2.46. The highest BCUT2D eigenvalue weighted by Gasteiger charge is 2.13. The molecule has 0 aliphatic heterocycles. The van der Waals surface area contributed by atoms with E-state index in [1.165, 1.54) is 0 Å². The molecule has 2 aromatic rings. The minimum Gasteiger partial charge on any atom is -0.478 e. The Morgan fingerprint density at radius 1 is 1.26 bits per heavy atom. The van der Waals surface area contributed by atoms with Crippen LogP contribution in [0.15, 0.2) is 42.9 Å². The summed E-state index contributed by atoms with van der Waals surface area (Å²) >= 11 is 0. The van der Waals surface area contributed by atoms with E-state index in [9.17, 15) is 4.79 Å². The van der Waals surface area contributed by atoms with Crippen molar-refractivity contribution in [2.24, 2.45) is 0 Å². The van der Waals surface area contributed by atoms with E-state index < -0.39 is 5.97 Å². The highest BCUT2D eigenvalue weighted by molar-refractivity contribution is 5.93. The van der Waals surface area contributed by atoms with Gasteiger partial charge in [-0.3, -0.25) is 4.98 Å². The molecule has 1 N–H and O–H groups in total. The number of anilines is 1. The number of aromatic carboxylic acids is 1. The van der Waals surface area contributed by atoms with Crippen LogP contribution >= 0.6 is 0 Å². The van der Waals surface area contributed by atoms with Crippen molar-refractivity contribution in [2.45, 2.75) is 6.42 Å². The molecule has 98 valence electrons. The van der Waals surface area contributed by atoms with Crippen LogP contribution in [0.4, 0.5) is 5.82 Å². The molecule has 0 spiro atoms. The van der Waals surface area contributed by atoms with Gasteiger partial charge in [0.15, 0.2) is 0 Å². The predicted molar refractivity (Wildman–Crippen MR) is 72.4 cm³/mol. The molecule has 2 rings (SSSR count). The van der Waals surface area contributed by atoms with Crippen molar-refractivity contribution in [3.05, 3.63) is 54.0 Å². The summed E-state index contributed by atoms with van der Waals surface area (Å²) in [7, 11) is 1.84. The van der Waals surface area contributed by atoms with Crippen molar-refractivity contribution < 1.29 is 9.90 Å². The Hall–Kier alpha value is -2.43. The van der Waals surface area contributed by atoms with E-state index in [2.05, 4.69) is 9.97 Å². The highest BCUT2D eigenvalue weighted by atomic mass is 16.4. The third-order valence-electron chi connectivity index (χ3n) is 2.86.